The Labute approximate surface area is 94.7 Å². The molecule has 88 valence electrons. The van der Waals surface area contributed by atoms with Crippen molar-refractivity contribution >= 4 is 5.91 Å². The van der Waals surface area contributed by atoms with Crippen molar-refractivity contribution < 1.29 is 9.90 Å². The summed E-state index contributed by atoms with van der Waals surface area (Å²) in [7, 11) is 0. The van der Waals surface area contributed by atoms with Crippen molar-refractivity contribution in [3.63, 3.8) is 0 Å². The van der Waals surface area contributed by atoms with Crippen LogP contribution >= 0.6 is 0 Å². The standard InChI is InChI=1S/C11H17N3O2/c1-4-14-9(5-8(2)12-14)10(15)13-6-11(3,16)7-13/h5,16H,4,6-7H2,1-3H3. The number of aromatic nitrogens is 2. The zero-order valence-corrected chi connectivity index (χ0v) is 9.90. The highest BCUT2D eigenvalue weighted by atomic mass is 16.3. The molecule has 0 saturated carbocycles. The molecular formula is C11H17N3O2. The Kier molecular flexibility index (Phi) is 2.50. The number of rotatable bonds is 2. The van der Waals surface area contributed by atoms with Crippen LogP contribution in [0.5, 0.6) is 0 Å². The van der Waals surface area contributed by atoms with Gasteiger partial charge < -0.3 is 10.0 Å². The maximum absolute atomic E-state index is 12.1. The van der Waals surface area contributed by atoms with Crippen LogP contribution in [0.4, 0.5) is 0 Å². The molecule has 5 nitrogen and oxygen atoms in total. The van der Waals surface area contributed by atoms with Crippen LogP contribution in [-0.2, 0) is 6.54 Å². The number of likely N-dealkylation sites (tertiary alicyclic amines) is 1. The van der Waals surface area contributed by atoms with Crippen LogP contribution in [0, 0.1) is 6.92 Å². The van der Waals surface area contributed by atoms with E-state index in [-0.39, 0.29) is 5.91 Å². The molecular weight excluding hydrogens is 206 g/mol. The van der Waals surface area contributed by atoms with Gasteiger partial charge in [-0.1, -0.05) is 0 Å². The molecule has 0 unspecified atom stereocenters. The van der Waals surface area contributed by atoms with Crippen molar-refractivity contribution in [2.75, 3.05) is 13.1 Å². The molecule has 0 aliphatic carbocycles. The lowest BCUT2D eigenvalue weighted by molar-refractivity contribution is -0.0672. The molecule has 5 heteroatoms. The molecule has 0 atom stereocenters. The topological polar surface area (TPSA) is 58.4 Å². The predicted molar refractivity (Wildman–Crippen MR) is 59.2 cm³/mol. The lowest BCUT2D eigenvalue weighted by Gasteiger charge is -2.44. The minimum absolute atomic E-state index is 0.0472. The summed E-state index contributed by atoms with van der Waals surface area (Å²) in [5.41, 5.74) is 0.731. The largest absolute Gasteiger partial charge is 0.386 e. The average Bonchev–Trinajstić information content (AvgIpc) is 2.54. The predicted octanol–water partition coefficient (Wildman–Crippen LogP) is 0.418. The first kappa shape index (κ1) is 11.1. The molecule has 1 aliphatic heterocycles. The molecule has 1 aliphatic rings. The van der Waals surface area contributed by atoms with Gasteiger partial charge in [-0.05, 0) is 26.8 Å². The van der Waals surface area contributed by atoms with Gasteiger partial charge in [0, 0.05) is 6.54 Å². The highest BCUT2D eigenvalue weighted by Crippen LogP contribution is 2.22. The summed E-state index contributed by atoms with van der Waals surface area (Å²) >= 11 is 0. The fraction of sp³-hybridized carbons (Fsp3) is 0.636. The highest BCUT2D eigenvalue weighted by Gasteiger charge is 2.40. The second kappa shape index (κ2) is 3.59. The van der Waals surface area contributed by atoms with E-state index < -0.39 is 5.60 Å². The van der Waals surface area contributed by atoms with Crippen LogP contribution in [0.1, 0.15) is 30.0 Å². The zero-order valence-electron chi connectivity index (χ0n) is 9.90. The molecule has 2 rings (SSSR count). The molecule has 1 N–H and O–H groups in total. The van der Waals surface area contributed by atoms with E-state index >= 15 is 0 Å². The third-order valence-electron chi connectivity index (χ3n) is 2.77. The maximum Gasteiger partial charge on any atom is 0.272 e. The Balaban J connectivity index is 2.15. The summed E-state index contributed by atoms with van der Waals surface area (Å²) in [6, 6.07) is 1.79. The van der Waals surface area contributed by atoms with Gasteiger partial charge in [0.2, 0.25) is 0 Å². The number of amides is 1. The summed E-state index contributed by atoms with van der Waals surface area (Å²) < 4.78 is 1.70. The summed E-state index contributed by atoms with van der Waals surface area (Å²) in [5.74, 6) is -0.0472. The minimum Gasteiger partial charge on any atom is -0.386 e. The number of aliphatic hydroxyl groups is 1. The number of nitrogens with zero attached hydrogens (tertiary/aromatic N) is 3. The van der Waals surface area contributed by atoms with Crippen LogP contribution in [0.15, 0.2) is 6.07 Å². The number of carbonyl (C=O) groups is 1. The van der Waals surface area contributed by atoms with Crippen molar-refractivity contribution in [1.82, 2.24) is 14.7 Å². The quantitative estimate of drug-likeness (QED) is 0.790. The minimum atomic E-state index is -0.720. The fourth-order valence-corrected chi connectivity index (χ4v) is 2.04. The number of hydrogen-bond donors (Lipinski definition) is 1. The van der Waals surface area contributed by atoms with Gasteiger partial charge >= 0.3 is 0 Å². The van der Waals surface area contributed by atoms with Crippen LogP contribution in [0.3, 0.4) is 0 Å². The Morgan fingerprint density at radius 1 is 1.62 bits per heavy atom. The van der Waals surface area contributed by atoms with Crippen LogP contribution in [0.2, 0.25) is 0 Å². The lowest BCUT2D eigenvalue weighted by Crippen LogP contribution is -2.61. The van der Waals surface area contributed by atoms with E-state index in [9.17, 15) is 9.90 Å². The van der Waals surface area contributed by atoms with Crippen LogP contribution < -0.4 is 0 Å². The van der Waals surface area contributed by atoms with Gasteiger partial charge in [0.25, 0.3) is 5.91 Å². The van der Waals surface area contributed by atoms with Gasteiger partial charge in [-0.2, -0.15) is 5.10 Å². The molecule has 0 aromatic carbocycles. The summed E-state index contributed by atoms with van der Waals surface area (Å²) in [6.45, 7) is 7.04. The summed E-state index contributed by atoms with van der Waals surface area (Å²) in [5, 5.41) is 13.8. The first-order valence-electron chi connectivity index (χ1n) is 5.49. The van der Waals surface area contributed by atoms with E-state index in [0.717, 1.165) is 5.69 Å². The van der Waals surface area contributed by atoms with Crippen molar-refractivity contribution in [2.24, 2.45) is 0 Å². The van der Waals surface area contributed by atoms with E-state index in [1.807, 2.05) is 13.8 Å². The van der Waals surface area contributed by atoms with Crippen LogP contribution in [-0.4, -0.2) is 44.4 Å². The number of carbonyl (C=O) groups excluding carboxylic acids is 1. The third kappa shape index (κ3) is 1.82. The Morgan fingerprint density at radius 3 is 2.75 bits per heavy atom. The Hall–Kier alpha value is -1.36. The second-order valence-electron chi connectivity index (χ2n) is 4.64. The van der Waals surface area contributed by atoms with E-state index in [1.165, 1.54) is 0 Å². The molecule has 1 amide bonds. The molecule has 0 bridgehead atoms. The van der Waals surface area contributed by atoms with Gasteiger partial charge in [-0.25, -0.2) is 0 Å². The first-order valence-corrected chi connectivity index (χ1v) is 5.49. The molecule has 1 saturated heterocycles. The van der Waals surface area contributed by atoms with Gasteiger partial charge in [-0.3, -0.25) is 9.48 Å². The first-order chi connectivity index (χ1) is 7.43. The number of hydrogen-bond acceptors (Lipinski definition) is 3. The normalized spacial score (nSPS) is 18.4. The lowest BCUT2D eigenvalue weighted by atomic mass is 9.96. The molecule has 2 heterocycles. The van der Waals surface area contributed by atoms with Crippen molar-refractivity contribution in [3.05, 3.63) is 17.5 Å². The summed E-state index contributed by atoms with van der Waals surface area (Å²) in [4.78, 5) is 13.7. The molecule has 1 aromatic rings. The van der Waals surface area contributed by atoms with Gasteiger partial charge in [0.05, 0.1) is 24.4 Å². The fourth-order valence-electron chi connectivity index (χ4n) is 2.04. The molecule has 1 fully saturated rings. The zero-order chi connectivity index (χ0) is 11.9. The molecule has 1 aromatic heterocycles. The van der Waals surface area contributed by atoms with Gasteiger partial charge in [0.1, 0.15) is 5.69 Å². The van der Waals surface area contributed by atoms with Crippen LogP contribution in [0.25, 0.3) is 0 Å². The smallest absolute Gasteiger partial charge is 0.272 e. The van der Waals surface area contributed by atoms with E-state index in [2.05, 4.69) is 5.10 Å². The van der Waals surface area contributed by atoms with Gasteiger partial charge in [-0.15, -0.1) is 0 Å². The average molecular weight is 223 g/mol. The van der Waals surface area contributed by atoms with E-state index in [0.29, 0.717) is 25.3 Å². The van der Waals surface area contributed by atoms with Crippen molar-refractivity contribution in [3.8, 4) is 0 Å². The third-order valence-corrected chi connectivity index (χ3v) is 2.77. The number of aryl methyl sites for hydroxylation is 2. The maximum atomic E-state index is 12.1. The molecule has 0 spiro atoms. The Morgan fingerprint density at radius 2 is 2.25 bits per heavy atom. The SMILES string of the molecule is CCn1nc(C)cc1C(=O)N1CC(C)(O)C1. The second-order valence-corrected chi connectivity index (χ2v) is 4.64. The van der Waals surface area contributed by atoms with E-state index in [1.54, 1.807) is 22.6 Å². The van der Waals surface area contributed by atoms with Gasteiger partial charge in [0.15, 0.2) is 0 Å². The Bertz CT molecular complexity index is 415. The summed E-state index contributed by atoms with van der Waals surface area (Å²) in [6.07, 6.45) is 0. The highest BCUT2D eigenvalue weighted by molar-refractivity contribution is 5.93. The monoisotopic (exact) mass is 223 g/mol. The molecule has 0 radical (unpaired) electrons. The molecule has 16 heavy (non-hydrogen) atoms. The van der Waals surface area contributed by atoms with Crippen molar-refractivity contribution in [1.29, 1.82) is 0 Å². The van der Waals surface area contributed by atoms with Crippen molar-refractivity contribution in [2.45, 2.75) is 32.9 Å². The van der Waals surface area contributed by atoms with E-state index in [4.69, 9.17) is 0 Å². The number of β-amino-alcohol motifs (C(OH)–C–C–N with tert-alkyl or cyclic N) is 1.